The number of benzene rings is 1. The summed E-state index contributed by atoms with van der Waals surface area (Å²) in [5, 5.41) is 2.22. The van der Waals surface area contributed by atoms with Gasteiger partial charge in [0.25, 0.3) is 0 Å². The second-order valence-corrected chi connectivity index (χ2v) is 4.11. The van der Waals surface area contributed by atoms with E-state index < -0.39 is 0 Å². The van der Waals surface area contributed by atoms with Gasteiger partial charge in [0.2, 0.25) is 0 Å². The van der Waals surface area contributed by atoms with Crippen molar-refractivity contribution in [3.05, 3.63) is 40.0 Å². The number of halogens is 2. The highest BCUT2D eigenvalue weighted by atomic mass is 35.5. The van der Waals surface area contributed by atoms with Gasteiger partial charge >= 0.3 is 0 Å². The zero-order chi connectivity index (χ0) is 10.8. The maximum Gasteiger partial charge on any atom is 0.133 e. The maximum atomic E-state index is 6.02. The molecule has 0 atom stereocenters. The minimum Gasteiger partial charge on any atom is -0.330 e. The molecule has 0 unspecified atom stereocenters. The fraction of sp³-hybridized carbons (Fsp3) is 0.182. The molecule has 0 saturated carbocycles. The van der Waals surface area contributed by atoms with Crippen LogP contribution in [0.1, 0.15) is 5.56 Å². The normalized spacial score (nSPS) is 10.9. The molecule has 0 fully saturated rings. The Balaban J connectivity index is 2.61. The first kappa shape index (κ1) is 10.7. The first-order valence-corrected chi connectivity index (χ1v) is 5.41. The standard InChI is InChI=1S/C11H10Cl2N2/c12-9-1-2-10-8(6-9)5-7(3-4-14)11(13)15-10/h1-2,5-6H,3-4,14H2. The van der Waals surface area contributed by atoms with Crippen molar-refractivity contribution in [2.75, 3.05) is 6.54 Å². The van der Waals surface area contributed by atoms with Crippen molar-refractivity contribution in [2.24, 2.45) is 5.73 Å². The maximum absolute atomic E-state index is 6.02. The van der Waals surface area contributed by atoms with Crippen molar-refractivity contribution in [1.82, 2.24) is 4.98 Å². The predicted octanol–water partition coefficient (Wildman–Crippen LogP) is 3.04. The van der Waals surface area contributed by atoms with Crippen LogP contribution in [0.3, 0.4) is 0 Å². The van der Waals surface area contributed by atoms with E-state index in [-0.39, 0.29) is 0 Å². The Labute approximate surface area is 98.0 Å². The van der Waals surface area contributed by atoms with E-state index in [1.54, 1.807) is 6.07 Å². The summed E-state index contributed by atoms with van der Waals surface area (Å²) in [7, 11) is 0. The van der Waals surface area contributed by atoms with Crippen molar-refractivity contribution in [3.8, 4) is 0 Å². The average Bonchev–Trinajstić information content (AvgIpc) is 2.20. The van der Waals surface area contributed by atoms with E-state index in [1.165, 1.54) is 0 Å². The van der Waals surface area contributed by atoms with Crippen LogP contribution in [-0.2, 0) is 6.42 Å². The fourth-order valence-electron chi connectivity index (χ4n) is 1.50. The lowest BCUT2D eigenvalue weighted by molar-refractivity contribution is 0.963. The highest BCUT2D eigenvalue weighted by molar-refractivity contribution is 6.32. The molecule has 1 heterocycles. The summed E-state index contributed by atoms with van der Waals surface area (Å²) in [6, 6.07) is 7.52. The smallest absolute Gasteiger partial charge is 0.133 e. The van der Waals surface area contributed by atoms with Crippen LogP contribution in [0.15, 0.2) is 24.3 Å². The van der Waals surface area contributed by atoms with Crippen molar-refractivity contribution >= 4 is 34.1 Å². The monoisotopic (exact) mass is 240 g/mol. The van der Waals surface area contributed by atoms with Crippen molar-refractivity contribution in [1.29, 1.82) is 0 Å². The van der Waals surface area contributed by atoms with Crippen LogP contribution in [0, 0.1) is 0 Å². The number of aromatic nitrogens is 1. The summed E-state index contributed by atoms with van der Waals surface area (Å²) in [6.45, 7) is 0.563. The molecule has 2 rings (SSSR count). The third-order valence-electron chi connectivity index (χ3n) is 2.22. The lowest BCUT2D eigenvalue weighted by Gasteiger charge is -2.04. The number of rotatable bonds is 2. The van der Waals surface area contributed by atoms with Gasteiger partial charge in [0.1, 0.15) is 5.15 Å². The van der Waals surface area contributed by atoms with Crippen LogP contribution in [-0.4, -0.2) is 11.5 Å². The SMILES string of the molecule is NCCc1cc2cc(Cl)ccc2nc1Cl. The van der Waals surface area contributed by atoms with E-state index in [9.17, 15) is 0 Å². The highest BCUT2D eigenvalue weighted by Gasteiger charge is 2.04. The molecule has 1 aromatic carbocycles. The number of hydrogen-bond acceptors (Lipinski definition) is 2. The third-order valence-corrected chi connectivity index (χ3v) is 2.78. The average molecular weight is 241 g/mol. The number of fused-ring (bicyclic) bond motifs is 1. The van der Waals surface area contributed by atoms with Gasteiger partial charge in [0, 0.05) is 10.4 Å². The van der Waals surface area contributed by atoms with E-state index in [0.717, 1.165) is 22.9 Å². The van der Waals surface area contributed by atoms with Crippen molar-refractivity contribution in [3.63, 3.8) is 0 Å². The van der Waals surface area contributed by atoms with Crippen molar-refractivity contribution in [2.45, 2.75) is 6.42 Å². The van der Waals surface area contributed by atoms with E-state index in [1.807, 2.05) is 18.2 Å². The van der Waals surface area contributed by atoms with E-state index in [0.29, 0.717) is 16.7 Å². The van der Waals surface area contributed by atoms with Crippen LogP contribution in [0.2, 0.25) is 10.2 Å². The lowest BCUT2D eigenvalue weighted by atomic mass is 10.1. The number of hydrogen-bond donors (Lipinski definition) is 1. The van der Waals surface area contributed by atoms with Gasteiger partial charge in [-0.1, -0.05) is 23.2 Å². The largest absolute Gasteiger partial charge is 0.330 e. The highest BCUT2D eigenvalue weighted by Crippen LogP contribution is 2.23. The topological polar surface area (TPSA) is 38.9 Å². The van der Waals surface area contributed by atoms with Crippen LogP contribution >= 0.6 is 23.2 Å². The van der Waals surface area contributed by atoms with E-state index in [2.05, 4.69) is 4.98 Å². The van der Waals surface area contributed by atoms with Crippen molar-refractivity contribution < 1.29 is 0 Å². The van der Waals surface area contributed by atoms with Gasteiger partial charge in [0.15, 0.2) is 0 Å². The summed E-state index contributed by atoms with van der Waals surface area (Å²) in [5.74, 6) is 0. The first-order chi connectivity index (χ1) is 7.20. The Morgan fingerprint density at radius 2 is 2.00 bits per heavy atom. The molecular weight excluding hydrogens is 231 g/mol. The minimum atomic E-state index is 0.523. The molecule has 2 aromatic rings. The Morgan fingerprint density at radius 3 is 2.73 bits per heavy atom. The Hall–Kier alpha value is -0.830. The van der Waals surface area contributed by atoms with Crippen LogP contribution in [0.4, 0.5) is 0 Å². The number of nitrogens with zero attached hydrogens (tertiary/aromatic N) is 1. The molecule has 78 valence electrons. The summed E-state index contributed by atoms with van der Waals surface area (Å²) in [6.07, 6.45) is 0.730. The molecule has 1 aromatic heterocycles. The molecule has 0 aliphatic carbocycles. The molecule has 4 heteroatoms. The Bertz CT molecular complexity index is 497. The number of pyridine rings is 1. The Morgan fingerprint density at radius 1 is 1.20 bits per heavy atom. The van der Waals surface area contributed by atoms with Gasteiger partial charge in [-0.3, -0.25) is 0 Å². The van der Waals surface area contributed by atoms with Gasteiger partial charge in [-0.2, -0.15) is 0 Å². The summed E-state index contributed by atoms with van der Waals surface area (Å²) < 4.78 is 0. The zero-order valence-electron chi connectivity index (χ0n) is 8.00. The van der Waals surface area contributed by atoms with Crippen LogP contribution < -0.4 is 5.73 Å². The molecule has 2 N–H and O–H groups in total. The molecule has 0 aliphatic heterocycles. The zero-order valence-corrected chi connectivity index (χ0v) is 9.52. The molecule has 0 aliphatic rings. The van der Waals surface area contributed by atoms with Gasteiger partial charge in [0.05, 0.1) is 5.52 Å². The molecule has 0 saturated heterocycles. The predicted molar refractivity (Wildman–Crippen MR) is 64.5 cm³/mol. The molecule has 0 radical (unpaired) electrons. The molecular formula is C11H10Cl2N2. The second kappa shape index (κ2) is 4.35. The Kier molecular flexibility index (Phi) is 3.10. The van der Waals surface area contributed by atoms with E-state index in [4.69, 9.17) is 28.9 Å². The summed E-state index contributed by atoms with van der Waals surface area (Å²) >= 11 is 11.9. The third kappa shape index (κ3) is 2.23. The summed E-state index contributed by atoms with van der Waals surface area (Å²) in [4.78, 5) is 4.29. The molecule has 2 nitrogen and oxygen atoms in total. The van der Waals surface area contributed by atoms with Gasteiger partial charge < -0.3 is 5.73 Å². The first-order valence-electron chi connectivity index (χ1n) is 4.65. The second-order valence-electron chi connectivity index (χ2n) is 3.31. The molecule has 0 amide bonds. The quantitative estimate of drug-likeness (QED) is 0.820. The molecule has 0 spiro atoms. The van der Waals surface area contributed by atoms with E-state index >= 15 is 0 Å². The summed E-state index contributed by atoms with van der Waals surface area (Å²) in [5.41, 5.74) is 7.31. The lowest BCUT2D eigenvalue weighted by Crippen LogP contribution is -2.03. The number of nitrogens with two attached hydrogens (primary N) is 1. The van der Waals surface area contributed by atoms with Gasteiger partial charge in [-0.05, 0) is 42.8 Å². The minimum absolute atomic E-state index is 0.523. The van der Waals surface area contributed by atoms with Gasteiger partial charge in [-0.15, -0.1) is 0 Å². The van der Waals surface area contributed by atoms with Gasteiger partial charge in [-0.25, -0.2) is 4.98 Å². The molecule has 0 bridgehead atoms. The fourth-order valence-corrected chi connectivity index (χ4v) is 1.92. The van der Waals surface area contributed by atoms with Crippen LogP contribution in [0.5, 0.6) is 0 Å². The molecule has 15 heavy (non-hydrogen) atoms. The van der Waals surface area contributed by atoms with Crippen LogP contribution in [0.25, 0.3) is 10.9 Å².